The van der Waals surface area contributed by atoms with Crippen LogP contribution in [0.5, 0.6) is 0 Å². The summed E-state index contributed by atoms with van der Waals surface area (Å²) >= 11 is 6.31. The number of hydrogen-bond donors (Lipinski definition) is 1. The first kappa shape index (κ1) is 20.6. The topological polar surface area (TPSA) is 35.6 Å². The van der Waals surface area contributed by atoms with E-state index in [1.807, 2.05) is 19.9 Å². The minimum atomic E-state index is 0.0369. The second kappa shape index (κ2) is 9.90. The Hall–Kier alpha value is -1.10. The third kappa shape index (κ3) is 6.20. The standard InChI is InChI=1S/C22H34ClN3O/c1-17-13-18(2)22(20(23)14-17)24-21(27)16-26-11-7-19(8-12-26)15-25-9-5-3-4-6-10-25/h13-14,19H,3-12,15-16H2,1-2H3,(H,24,27). The van der Waals surface area contributed by atoms with Gasteiger partial charge >= 0.3 is 0 Å². The number of hydrogen-bond acceptors (Lipinski definition) is 3. The van der Waals surface area contributed by atoms with Crippen LogP contribution in [0.15, 0.2) is 12.1 Å². The van der Waals surface area contributed by atoms with Crippen molar-refractivity contribution < 1.29 is 4.79 Å². The van der Waals surface area contributed by atoms with Crippen LogP contribution in [0, 0.1) is 19.8 Å². The number of carbonyl (C=O) groups excluding carboxylic acids is 1. The van der Waals surface area contributed by atoms with Crippen LogP contribution in [-0.4, -0.2) is 55.0 Å². The van der Waals surface area contributed by atoms with Gasteiger partial charge in [-0.1, -0.05) is 30.5 Å². The first-order valence-corrected chi connectivity index (χ1v) is 10.9. The number of aryl methyl sites for hydroxylation is 2. The summed E-state index contributed by atoms with van der Waals surface area (Å²) in [6.07, 6.45) is 7.92. The molecule has 0 spiro atoms. The molecule has 4 nitrogen and oxygen atoms in total. The number of piperidine rings is 1. The van der Waals surface area contributed by atoms with Crippen LogP contribution in [0.1, 0.15) is 49.7 Å². The summed E-state index contributed by atoms with van der Waals surface area (Å²) in [6.45, 7) is 10.3. The SMILES string of the molecule is Cc1cc(C)c(NC(=O)CN2CCC(CN3CCCCCC3)CC2)c(Cl)c1. The van der Waals surface area contributed by atoms with Gasteiger partial charge in [-0.25, -0.2) is 0 Å². The molecule has 2 fully saturated rings. The lowest BCUT2D eigenvalue weighted by atomic mass is 9.96. The molecule has 3 rings (SSSR count). The molecule has 27 heavy (non-hydrogen) atoms. The van der Waals surface area contributed by atoms with Crippen LogP contribution in [0.4, 0.5) is 5.69 Å². The zero-order valence-electron chi connectivity index (χ0n) is 16.9. The van der Waals surface area contributed by atoms with Crippen molar-refractivity contribution in [3.05, 3.63) is 28.3 Å². The number of anilines is 1. The molecule has 0 aliphatic carbocycles. The Balaban J connectivity index is 1.43. The van der Waals surface area contributed by atoms with E-state index in [4.69, 9.17) is 11.6 Å². The molecular weight excluding hydrogens is 358 g/mol. The summed E-state index contributed by atoms with van der Waals surface area (Å²) in [6, 6.07) is 3.95. The molecule has 1 N–H and O–H groups in total. The second-order valence-corrected chi connectivity index (χ2v) is 8.83. The van der Waals surface area contributed by atoms with Gasteiger partial charge < -0.3 is 10.2 Å². The van der Waals surface area contributed by atoms with Gasteiger partial charge in [-0.3, -0.25) is 9.69 Å². The lowest BCUT2D eigenvalue weighted by Crippen LogP contribution is -2.42. The Kier molecular flexibility index (Phi) is 7.57. The third-order valence-corrected chi connectivity index (χ3v) is 6.28. The molecule has 1 aromatic rings. The molecule has 2 aliphatic heterocycles. The molecule has 1 amide bonds. The first-order valence-electron chi connectivity index (χ1n) is 10.5. The number of nitrogens with one attached hydrogen (secondary N) is 1. The van der Waals surface area contributed by atoms with E-state index in [2.05, 4.69) is 21.2 Å². The predicted octanol–water partition coefficient (Wildman–Crippen LogP) is 4.48. The highest BCUT2D eigenvalue weighted by molar-refractivity contribution is 6.34. The average molecular weight is 392 g/mol. The normalized spacial score (nSPS) is 20.4. The number of carbonyl (C=O) groups is 1. The average Bonchev–Trinajstić information content (AvgIpc) is 2.88. The fraction of sp³-hybridized carbons (Fsp3) is 0.682. The van der Waals surface area contributed by atoms with Crippen LogP contribution in [0.25, 0.3) is 0 Å². The van der Waals surface area contributed by atoms with E-state index >= 15 is 0 Å². The number of likely N-dealkylation sites (tertiary alicyclic amines) is 2. The highest BCUT2D eigenvalue weighted by Crippen LogP contribution is 2.27. The van der Waals surface area contributed by atoms with E-state index in [1.165, 1.54) is 58.2 Å². The predicted molar refractivity (Wildman–Crippen MR) is 114 cm³/mol. The zero-order chi connectivity index (χ0) is 19.2. The van der Waals surface area contributed by atoms with Crippen LogP contribution >= 0.6 is 11.6 Å². The molecule has 5 heteroatoms. The fourth-order valence-electron chi connectivity index (χ4n) is 4.47. The van der Waals surface area contributed by atoms with Gasteiger partial charge in [0.2, 0.25) is 5.91 Å². The van der Waals surface area contributed by atoms with Crippen LogP contribution < -0.4 is 5.32 Å². The molecule has 2 saturated heterocycles. The van der Waals surface area contributed by atoms with Crippen molar-refractivity contribution in [2.24, 2.45) is 5.92 Å². The molecule has 0 atom stereocenters. The maximum atomic E-state index is 12.5. The van der Waals surface area contributed by atoms with E-state index in [1.54, 1.807) is 0 Å². The van der Waals surface area contributed by atoms with Gasteiger partial charge in [-0.05, 0) is 88.8 Å². The van der Waals surface area contributed by atoms with E-state index in [0.29, 0.717) is 11.6 Å². The molecule has 0 unspecified atom stereocenters. The van der Waals surface area contributed by atoms with Gasteiger partial charge in [0.15, 0.2) is 0 Å². The summed E-state index contributed by atoms with van der Waals surface area (Å²) in [5, 5.41) is 3.64. The largest absolute Gasteiger partial charge is 0.323 e. The lowest BCUT2D eigenvalue weighted by molar-refractivity contribution is -0.117. The van der Waals surface area contributed by atoms with Crippen molar-refractivity contribution in [1.82, 2.24) is 9.80 Å². The number of halogens is 1. The van der Waals surface area contributed by atoms with Crippen molar-refractivity contribution in [2.45, 2.75) is 52.4 Å². The van der Waals surface area contributed by atoms with Gasteiger partial charge in [0, 0.05) is 6.54 Å². The highest BCUT2D eigenvalue weighted by Gasteiger charge is 2.23. The van der Waals surface area contributed by atoms with Gasteiger partial charge in [0.1, 0.15) is 0 Å². The van der Waals surface area contributed by atoms with Gasteiger partial charge in [-0.15, -0.1) is 0 Å². The molecule has 0 saturated carbocycles. The maximum Gasteiger partial charge on any atom is 0.238 e. The Morgan fingerprint density at radius 3 is 2.33 bits per heavy atom. The van der Waals surface area contributed by atoms with E-state index in [9.17, 15) is 4.79 Å². The molecular formula is C22H34ClN3O. The van der Waals surface area contributed by atoms with Crippen molar-refractivity contribution in [3.63, 3.8) is 0 Å². The second-order valence-electron chi connectivity index (χ2n) is 8.42. The minimum Gasteiger partial charge on any atom is -0.323 e. The number of rotatable bonds is 5. The van der Waals surface area contributed by atoms with Crippen molar-refractivity contribution in [3.8, 4) is 0 Å². The Labute approximate surface area is 169 Å². The number of amides is 1. The van der Waals surface area contributed by atoms with Crippen LogP contribution in [-0.2, 0) is 4.79 Å². The van der Waals surface area contributed by atoms with E-state index in [0.717, 1.165) is 35.8 Å². The zero-order valence-corrected chi connectivity index (χ0v) is 17.7. The fourth-order valence-corrected chi connectivity index (χ4v) is 4.84. The summed E-state index contributed by atoms with van der Waals surface area (Å²) in [5.74, 6) is 0.825. The van der Waals surface area contributed by atoms with Gasteiger partial charge in [0.25, 0.3) is 0 Å². The molecule has 0 radical (unpaired) electrons. The lowest BCUT2D eigenvalue weighted by Gasteiger charge is -2.34. The highest BCUT2D eigenvalue weighted by atomic mass is 35.5. The summed E-state index contributed by atoms with van der Waals surface area (Å²) in [7, 11) is 0. The molecule has 0 bridgehead atoms. The Bertz CT molecular complexity index is 609. The Morgan fingerprint density at radius 1 is 1.04 bits per heavy atom. The minimum absolute atomic E-state index is 0.0369. The van der Waals surface area contributed by atoms with Crippen LogP contribution in [0.3, 0.4) is 0 Å². The van der Waals surface area contributed by atoms with Gasteiger partial charge in [0.05, 0.1) is 17.3 Å². The number of nitrogens with zero attached hydrogens (tertiary/aromatic N) is 2. The third-order valence-electron chi connectivity index (χ3n) is 5.99. The number of benzene rings is 1. The molecule has 0 aromatic heterocycles. The molecule has 1 aromatic carbocycles. The molecule has 2 heterocycles. The van der Waals surface area contributed by atoms with E-state index in [-0.39, 0.29) is 5.91 Å². The molecule has 150 valence electrons. The summed E-state index contributed by atoms with van der Waals surface area (Å²) in [4.78, 5) is 17.4. The van der Waals surface area contributed by atoms with Crippen molar-refractivity contribution in [2.75, 3.05) is 44.6 Å². The maximum absolute atomic E-state index is 12.5. The van der Waals surface area contributed by atoms with Crippen LogP contribution in [0.2, 0.25) is 5.02 Å². The van der Waals surface area contributed by atoms with Gasteiger partial charge in [-0.2, -0.15) is 0 Å². The molecule has 2 aliphatic rings. The summed E-state index contributed by atoms with van der Waals surface area (Å²) < 4.78 is 0. The van der Waals surface area contributed by atoms with Crippen molar-refractivity contribution >= 4 is 23.2 Å². The first-order chi connectivity index (χ1) is 13.0. The summed E-state index contributed by atoms with van der Waals surface area (Å²) in [5.41, 5.74) is 2.88. The van der Waals surface area contributed by atoms with E-state index < -0.39 is 0 Å². The monoisotopic (exact) mass is 391 g/mol. The quantitative estimate of drug-likeness (QED) is 0.803. The Morgan fingerprint density at radius 2 is 1.70 bits per heavy atom. The smallest absolute Gasteiger partial charge is 0.238 e. The van der Waals surface area contributed by atoms with Crippen molar-refractivity contribution in [1.29, 1.82) is 0 Å².